The second kappa shape index (κ2) is 7.83. The molecule has 0 saturated carbocycles. The summed E-state index contributed by atoms with van der Waals surface area (Å²) in [5.74, 6) is -0.552. The lowest BCUT2D eigenvalue weighted by atomic mass is 10.2. The Labute approximate surface area is 161 Å². The molecule has 0 unspecified atom stereocenters. The summed E-state index contributed by atoms with van der Waals surface area (Å²) in [5, 5.41) is 3.74. The number of nitrogens with one attached hydrogen (secondary N) is 1. The first-order valence-electron chi connectivity index (χ1n) is 7.06. The van der Waals surface area contributed by atoms with E-state index in [2.05, 4.69) is 5.32 Å². The van der Waals surface area contributed by atoms with Crippen molar-refractivity contribution in [2.45, 2.75) is 6.92 Å². The van der Waals surface area contributed by atoms with Gasteiger partial charge in [-0.2, -0.15) is 0 Å². The molecule has 0 aliphatic heterocycles. The lowest BCUT2D eigenvalue weighted by Crippen LogP contribution is -2.37. The van der Waals surface area contributed by atoms with Crippen LogP contribution in [0.5, 0.6) is 0 Å². The molecule has 0 aromatic heterocycles. The number of amides is 1. The lowest BCUT2D eigenvalue weighted by Gasteiger charge is -2.24. The molecule has 1 N–H and O–H groups in total. The summed E-state index contributed by atoms with van der Waals surface area (Å²) in [7, 11) is -3.69. The standard InChI is InChI=1S/C16H15Cl3N2O3S/c1-10-7-11(17)4-6-15(10)21(25(2,23)24)9-16(22)20-14-8-12(18)3-5-13(14)19/h3-8H,9H2,1-2H3,(H,20,22). The van der Waals surface area contributed by atoms with Crippen LogP contribution in [0, 0.1) is 6.92 Å². The third-order valence-corrected chi connectivity index (χ3v) is 5.24. The Morgan fingerprint density at radius 1 is 1.08 bits per heavy atom. The number of nitrogens with zero attached hydrogens (tertiary/aromatic N) is 1. The van der Waals surface area contributed by atoms with Crippen LogP contribution in [-0.2, 0) is 14.8 Å². The highest BCUT2D eigenvalue weighted by Gasteiger charge is 2.23. The van der Waals surface area contributed by atoms with Crippen molar-refractivity contribution in [3.8, 4) is 0 Å². The van der Waals surface area contributed by atoms with Crippen molar-refractivity contribution in [3.63, 3.8) is 0 Å². The van der Waals surface area contributed by atoms with Crippen molar-refractivity contribution in [1.29, 1.82) is 0 Å². The van der Waals surface area contributed by atoms with E-state index in [1.807, 2.05) is 0 Å². The molecule has 0 saturated heterocycles. The van der Waals surface area contributed by atoms with Crippen molar-refractivity contribution >= 4 is 62.1 Å². The summed E-state index contributed by atoms with van der Waals surface area (Å²) < 4.78 is 25.3. The molecule has 134 valence electrons. The number of aryl methyl sites for hydroxylation is 1. The number of hydrogen-bond acceptors (Lipinski definition) is 3. The van der Waals surface area contributed by atoms with Crippen LogP contribution in [0.2, 0.25) is 15.1 Å². The molecule has 0 spiro atoms. The third-order valence-electron chi connectivity index (χ3n) is 3.32. The van der Waals surface area contributed by atoms with Crippen molar-refractivity contribution in [1.82, 2.24) is 0 Å². The summed E-state index contributed by atoms with van der Waals surface area (Å²) >= 11 is 17.8. The van der Waals surface area contributed by atoms with Gasteiger partial charge in [-0.1, -0.05) is 34.8 Å². The van der Waals surface area contributed by atoms with E-state index in [1.54, 1.807) is 31.2 Å². The minimum Gasteiger partial charge on any atom is -0.323 e. The molecule has 2 aromatic rings. The van der Waals surface area contributed by atoms with Gasteiger partial charge in [-0.25, -0.2) is 8.42 Å². The van der Waals surface area contributed by atoms with Crippen LogP contribution >= 0.6 is 34.8 Å². The third kappa shape index (κ3) is 5.25. The lowest BCUT2D eigenvalue weighted by molar-refractivity contribution is -0.114. The zero-order valence-electron chi connectivity index (χ0n) is 13.4. The van der Waals surface area contributed by atoms with Gasteiger partial charge >= 0.3 is 0 Å². The fourth-order valence-corrected chi connectivity index (χ4v) is 3.67. The molecule has 0 bridgehead atoms. The van der Waals surface area contributed by atoms with Gasteiger partial charge in [-0.15, -0.1) is 0 Å². The predicted molar refractivity (Wildman–Crippen MR) is 103 cm³/mol. The number of halogens is 3. The number of anilines is 2. The first-order valence-corrected chi connectivity index (χ1v) is 10.0. The second-order valence-electron chi connectivity index (χ2n) is 5.37. The fraction of sp³-hybridized carbons (Fsp3) is 0.188. The van der Waals surface area contributed by atoms with E-state index in [9.17, 15) is 13.2 Å². The largest absolute Gasteiger partial charge is 0.323 e. The summed E-state index contributed by atoms with van der Waals surface area (Å²) in [6.45, 7) is 1.30. The van der Waals surface area contributed by atoms with Crippen LogP contribution in [-0.4, -0.2) is 27.1 Å². The summed E-state index contributed by atoms with van der Waals surface area (Å²) in [4.78, 5) is 12.3. The van der Waals surface area contributed by atoms with Crippen LogP contribution in [0.15, 0.2) is 36.4 Å². The molecule has 25 heavy (non-hydrogen) atoms. The molecule has 2 rings (SSSR count). The van der Waals surface area contributed by atoms with Crippen LogP contribution in [0.4, 0.5) is 11.4 Å². The zero-order chi connectivity index (χ0) is 18.8. The number of benzene rings is 2. The Hall–Kier alpha value is -1.47. The molecule has 2 aromatic carbocycles. The summed E-state index contributed by atoms with van der Waals surface area (Å²) in [6, 6.07) is 9.35. The van der Waals surface area contributed by atoms with Gasteiger partial charge in [0.25, 0.3) is 0 Å². The average molecular weight is 422 g/mol. The van der Waals surface area contributed by atoms with Crippen LogP contribution < -0.4 is 9.62 Å². The zero-order valence-corrected chi connectivity index (χ0v) is 16.5. The molecular formula is C16H15Cl3N2O3S. The minimum atomic E-state index is -3.69. The molecule has 1 amide bonds. The van der Waals surface area contributed by atoms with E-state index < -0.39 is 22.5 Å². The van der Waals surface area contributed by atoms with E-state index in [0.29, 0.717) is 32.0 Å². The number of sulfonamides is 1. The number of carbonyl (C=O) groups is 1. The van der Waals surface area contributed by atoms with Crippen LogP contribution in [0.25, 0.3) is 0 Å². The number of carbonyl (C=O) groups excluding carboxylic acids is 1. The maximum atomic E-state index is 12.3. The molecule has 0 atom stereocenters. The van der Waals surface area contributed by atoms with E-state index >= 15 is 0 Å². The number of hydrogen-bond donors (Lipinski definition) is 1. The highest BCUT2D eigenvalue weighted by Crippen LogP contribution is 2.27. The Morgan fingerprint density at radius 2 is 1.68 bits per heavy atom. The van der Waals surface area contributed by atoms with Gasteiger partial charge in [0.2, 0.25) is 15.9 Å². The van der Waals surface area contributed by atoms with Gasteiger partial charge in [-0.05, 0) is 48.9 Å². The normalized spacial score (nSPS) is 11.2. The van der Waals surface area contributed by atoms with Gasteiger partial charge in [0.15, 0.2) is 0 Å². The Bertz CT molecular complexity index is 917. The second-order valence-corrected chi connectivity index (χ2v) is 8.56. The maximum absolute atomic E-state index is 12.3. The summed E-state index contributed by atoms with van der Waals surface area (Å²) in [5.41, 5.74) is 1.31. The van der Waals surface area contributed by atoms with Gasteiger partial charge in [0, 0.05) is 10.0 Å². The highest BCUT2D eigenvalue weighted by molar-refractivity contribution is 7.92. The molecule has 9 heteroatoms. The summed E-state index contributed by atoms with van der Waals surface area (Å²) in [6.07, 6.45) is 1.03. The van der Waals surface area contributed by atoms with Crippen LogP contribution in [0.1, 0.15) is 5.56 Å². The Balaban J connectivity index is 2.28. The Morgan fingerprint density at radius 3 is 2.28 bits per heavy atom. The van der Waals surface area contributed by atoms with Gasteiger partial charge in [-0.3, -0.25) is 9.10 Å². The fourth-order valence-electron chi connectivity index (χ4n) is 2.19. The topological polar surface area (TPSA) is 66.5 Å². The molecule has 0 aliphatic carbocycles. The molecule has 0 fully saturated rings. The smallest absolute Gasteiger partial charge is 0.245 e. The van der Waals surface area contributed by atoms with Crippen molar-refractivity contribution in [2.75, 3.05) is 22.4 Å². The number of rotatable bonds is 5. The SMILES string of the molecule is Cc1cc(Cl)ccc1N(CC(=O)Nc1cc(Cl)ccc1Cl)S(C)(=O)=O. The average Bonchev–Trinajstić information content (AvgIpc) is 2.48. The molecule has 0 radical (unpaired) electrons. The first-order chi connectivity index (χ1) is 11.6. The minimum absolute atomic E-state index is 0.298. The molecule has 5 nitrogen and oxygen atoms in total. The quantitative estimate of drug-likeness (QED) is 0.780. The van der Waals surface area contributed by atoms with Gasteiger partial charge in [0.1, 0.15) is 6.54 Å². The first kappa shape index (κ1) is 19.8. The highest BCUT2D eigenvalue weighted by atomic mass is 35.5. The van der Waals surface area contributed by atoms with Gasteiger partial charge < -0.3 is 5.32 Å². The Kier molecular flexibility index (Phi) is 6.21. The molecular weight excluding hydrogens is 407 g/mol. The van der Waals surface area contributed by atoms with Gasteiger partial charge in [0.05, 0.1) is 22.7 Å². The van der Waals surface area contributed by atoms with Crippen LogP contribution in [0.3, 0.4) is 0 Å². The van der Waals surface area contributed by atoms with E-state index in [0.717, 1.165) is 10.6 Å². The van der Waals surface area contributed by atoms with E-state index in [-0.39, 0.29) is 0 Å². The van der Waals surface area contributed by atoms with E-state index in [4.69, 9.17) is 34.8 Å². The van der Waals surface area contributed by atoms with Crippen molar-refractivity contribution in [2.24, 2.45) is 0 Å². The maximum Gasteiger partial charge on any atom is 0.245 e. The van der Waals surface area contributed by atoms with Crippen molar-refractivity contribution < 1.29 is 13.2 Å². The van der Waals surface area contributed by atoms with E-state index in [1.165, 1.54) is 12.1 Å². The monoisotopic (exact) mass is 420 g/mol. The predicted octanol–water partition coefficient (Wildman–Crippen LogP) is 4.36. The van der Waals surface area contributed by atoms with Crippen molar-refractivity contribution in [3.05, 3.63) is 57.0 Å². The molecule has 0 heterocycles. The molecule has 0 aliphatic rings.